The molecule has 1 atom stereocenters. The van der Waals surface area contributed by atoms with Crippen molar-refractivity contribution < 1.29 is 0 Å². The first-order chi connectivity index (χ1) is 26.8. The van der Waals surface area contributed by atoms with Crippen LogP contribution in [-0.2, 0) is 5.41 Å². The van der Waals surface area contributed by atoms with Crippen LogP contribution in [0.2, 0.25) is 0 Å². The molecule has 1 unspecified atom stereocenters. The monoisotopic (exact) mass is 721 g/mol. The molecule has 0 amide bonds. The number of anilines is 3. The smallest absolute Gasteiger partial charge is 0.0740 e. The van der Waals surface area contributed by atoms with Gasteiger partial charge >= 0.3 is 0 Å². The molecular formula is C51H31NS2. The number of fused-ring (bicyclic) bond motifs is 14. The van der Waals surface area contributed by atoms with Gasteiger partial charge < -0.3 is 4.90 Å². The third kappa shape index (κ3) is 4.06. The van der Waals surface area contributed by atoms with Gasteiger partial charge in [-0.15, -0.1) is 11.3 Å². The van der Waals surface area contributed by atoms with Crippen LogP contribution in [0.4, 0.5) is 17.1 Å². The molecule has 0 saturated heterocycles. The lowest BCUT2D eigenvalue weighted by atomic mass is 9.70. The minimum Gasteiger partial charge on any atom is -0.308 e. The Bertz CT molecular complexity index is 2890. The van der Waals surface area contributed by atoms with E-state index >= 15 is 0 Å². The van der Waals surface area contributed by atoms with Crippen LogP contribution in [0.3, 0.4) is 0 Å². The summed E-state index contributed by atoms with van der Waals surface area (Å²) >= 11 is 3.82. The summed E-state index contributed by atoms with van der Waals surface area (Å²) in [5.41, 5.74) is 17.6. The number of hydrogen-bond acceptors (Lipinski definition) is 3. The maximum absolute atomic E-state index is 2.55. The summed E-state index contributed by atoms with van der Waals surface area (Å²) in [6.45, 7) is 0. The van der Waals surface area contributed by atoms with Crippen LogP contribution in [0.5, 0.6) is 0 Å². The lowest BCUT2D eigenvalue weighted by Gasteiger charge is -2.35. The molecule has 8 aromatic carbocycles. The second kappa shape index (κ2) is 11.4. The Morgan fingerprint density at radius 2 is 0.963 bits per heavy atom. The van der Waals surface area contributed by atoms with E-state index in [1.807, 2.05) is 23.1 Å². The van der Waals surface area contributed by atoms with Gasteiger partial charge in [0.05, 0.1) is 22.5 Å². The van der Waals surface area contributed by atoms with Gasteiger partial charge in [-0.05, 0) is 97.4 Å². The lowest BCUT2D eigenvalue weighted by Crippen LogP contribution is -2.26. The minimum absolute atomic E-state index is 0.419. The number of thiophene rings is 1. The first-order valence-electron chi connectivity index (χ1n) is 18.5. The van der Waals surface area contributed by atoms with Crippen LogP contribution >= 0.6 is 23.1 Å². The Kier molecular flexibility index (Phi) is 6.42. The fourth-order valence-electron chi connectivity index (χ4n) is 9.49. The van der Waals surface area contributed by atoms with E-state index in [1.54, 1.807) is 0 Å². The van der Waals surface area contributed by atoms with Crippen molar-refractivity contribution in [2.45, 2.75) is 15.2 Å². The van der Waals surface area contributed by atoms with Gasteiger partial charge in [0.2, 0.25) is 0 Å². The molecule has 0 saturated carbocycles. The Morgan fingerprint density at radius 3 is 1.65 bits per heavy atom. The molecule has 2 heterocycles. The van der Waals surface area contributed by atoms with Crippen LogP contribution in [0.25, 0.3) is 53.9 Å². The number of rotatable bonds is 3. The quantitative estimate of drug-likeness (QED) is 0.179. The molecule has 12 rings (SSSR count). The fourth-order valence-corrected chi connectivity index (χ4v) is 11.9. The third-order valence-corrected chi connectivity index (χ3v) is 14.0. The summed E-state index contributed by atoms with van der Waals surface area (Å²) in [7, 11) is 0. The fraction of sp³-hybridized carbons (Fsp3) is 0.0196. The van der Waals surface area contributed by atoms with Crippen molar-refractivity contribution in [3.8, 4) is 43.8 Å². The molecule has 1 aliphatic heterocycles. The minimum atomic E-state index is -0.419. The van der Waals surface area contributed by atoms with Gasteiger partial charge in [0.25, 0.3) is 0 Å². The van der Waals surface area contributed by atoms with Crippen LogP contribution in [-0.4, -0.2) is 0 Å². The average molecular weight is 722 g/mol. The summed E-state index contributed by atoms with van der Waals surface area (Å²) in [5, 5.41) is 1.36. The molecule has 0 N–H and O–H groups in total. The normalized spacial score (nSPS) is 15.7. The lowest BCUT2D eigenvalue weighted by molar-refractivity contribution is 0.802. The summed E-state index contributed by atoms with van der Waals surface area (Å²) in [4.78, 5) is 6.45. The highest BCUT2D eigenvalue weighted by atomic mass is 32.2. The summed E-state index contributed by atoms with van der Waals surface area (Å²) in [6.07, 6.45) is 0. The van der Waals surface area contributed by atoms with Gasteiger partial charge in [0, 0.05) is 24.9 Å². The van der Waals surface area contributed by atoms with E-state index in [1.165, 1.54) is 103 Å². The maximum Gasteiger partial charge on any atom is 0.0740 e. The van der Waals surface area contributed by atoms with Crippen molar-refractivity contribution >= 4 is 50.2 Å². The highest BCUT2D eigenvalue weighted by Crippen LogP contribution is 2.68. The third-order valence-electron chi connectivity index (χ3n) is 11.7. The van der Waals surface area contributed by atoms with Gasteiger partial charge in [-0.3, -0.25) is 0 Å². The van der Waals surface area contributed by atoms with Crippen molar-refractivity contribution in [2.75, 3.05) is 4.90 Å². The predicted molar refractivity (Wildman–Crippen MR) is 228 cm³/mol. The van der Waals surface area contributed by atoms with Gasteiger partial charge in [-0.25, -0.2) is 0 Å². The SMILES string of the molecule is c1ccc(-c2ccc3c(c2)Sc2cc(-c4ccccc4)ccc2N3c2cccc3c2-c2ccccc2C32c3ccccc3-c3sc4ccccc4c32)cc1. The van der Waals surface area contributed by atoms with Gasteiger partial charge in [0.15, 0.2) is 0 Å². The van der Waals surface area contributed by atoms with Crippen molar-refractivity contribution in [3.05, 3.63) is 210 Å². The molecule has 0 radical (unpaired) electrons. The summed E-state index contributed by atoms with van der Waals surface area (Å²) < 4.78 is 1.35. The molecule has 2 aliphatic carbocycles. The molecule has 252 valence electrons. The Morgan fingerprint density at radius 1 is 0.407 bits per heavy atom. The molecule has 3 aliphatic rings. The molecule has 0 bridgehead atoms. The van der Waals surface area contributed by atoms with E-state index in [-0.39, 0.29) is 0 Å². The molecule has 1 spiro atoms. The zero-order chi connectivity index (χ0) is 35.4. The zero-order valence-electron chi connectivity index (χ0n) is 29.2. The molecular weight excluding hydrogens is 691 g/mol. The van der Waals surface area contributed by atoms with Crippen LogP contribution < -0.4 is 4.90 Å². The van der Waals surface area contributed by atoms with Crippen molar-refractivity contribution in [1.29, 1.82) is 0 Å². The van der Waals surface area contributed by atoms with Crippen LogP contribution in [0, 0.1) is 0 Å². The van der Waals surface area contributed by atoms with Crippen LogP contribution in [0.1, 0.15) is 22.3 Å². The van der Waals surface area contributed by atoms with E-state index in [2.05, 4.69) is 193 Å². The number of benzene rings is 8. The van der Waals surface area contributed by atoms with Gasteiger partial charge in [-0.2, -0.15) is 0 Å². The standard InChI is InChI=1S/C51H31NS2/c1-3-14-32(15-4-1)34-26-28-42-46(30-34)53-47-31-35(33-16-5-2-6-17-33)27-29-43(47)52(42)44-24-13-23-41-48(44)36-18-7-10-21-39(36)51(41)40-22-11-8-19-37(40)50-49(51)38-20-9-12-25-45(38)54-50/h1-31H. The van der Waals surface area contributed by atoms with Crippen LogP contribution in [0.15, 0.2) is 198 Å². The largest absolute Gasteiger partial charge is 0.308 e. The number of hydrogen-bond donors (Lipinski definition) is 0. The first-order valence-corrected chi connectivity index (χ1v) is 20.1. The maximum atomic E-state index is 2.55. The number of nitrogens with zero attached hydrogens (tertiary/aromatic N) is 1. The van der Waals surface area contributed by atoms with Crippen molar-refractivity contribution in [1.82, 2.24) is 0 Å². The van der Waals surface area contributed by atoms with Gasteiger partial charge in [0.1, 0.15) is 0 Å². The topological polar surface area (TPSA) is 3.24 Å². The Labute approximate surface area is 322 Å². The van der Waals surface area contributed by atoms with E-state index in [0.717, 1.165) is 0 Å². The predicted octanol–water partition coefficient (Wildman–Crippen LogP) is 14.5. The Balaban J connectivity index is 1.15. The highest BCUT2D eigenvalue weighted by Gasteiger charge is 2.54. The molecule has 9 aromatic rings. The molecule has 54 heavy (non-hydrogen) atoms. The second-order valence-corrected chi connectivity index (χ2v) is 16.5. The zero-order valence-corrected chi connectivity index (χ0v) is 30.8. The van der Waals surface area contributed by atoms with E-state index in [0.29, 0.717) is 0 Å². The summed E-state index contributed by atoms with van der Waals surface area (Å²) in [6, 6.07) is 70.0. The first kappa shape index (κ1) is 30.3. The average Bonchev–Trinajstić information content (AvgIpc) is 3.87. The molecule has 3 heteroatoms. The van der Waals surface area contributed by atoms with E-state index < -0.39 is 5.41 Å². The molecule has 0 fully saturated rings. The van der Waals surface area contributed by atoms with Crippen molar-refractivity contribution in [2.24, 2.45) is 0 Å². The Hall–Kier alpha value is -6.13. The molecule has 1 nitrogen and oxygen atoms in total. The highest BCUT2D eigenvalue weighted by molar-refractivity contribution is 7.99. The van der Waals surface area contributed by atoms with E-state index in [4.69, 9.17) is 0 Å². The second-order valence-electron chi connectivity index (χ2n) is 14.4. The van der Waals surface area contributed by atoms with Gasteiger partial charge in [-0.1, -0.05) is 163 Å². The summed E-state index contributed by atoms with van der Waals surface area (Å²) in [5.74, 6) is 0. The van der Waals surface area contributed by atoms with E-state index in [9.17, 15) is 0 Å². The van der Waals surface area contributed by atoms with Crippen molar-refractivity contribution in [3.63, 3.8) is 0 Å². The molecule has 1 aromatic heterocycles.